The molecule has 0 aromatic rings. The summed E-state index contributed by atoms with van der Waals surface area (Å²) >= 11 is 0. The number of aliphatic hydroxyl groups excluding tert-OH is 2. The summed E-state index contributed by atoms with van der Waals surface area (Å²) in [6.07, 6.45) is 0.267. The van der Waals surface area contributed by atoms with Gasteiger partial charge in [0.15, 0.2) is 0 Å². The molecule has 0 aliphatic heterocycles. The molecular weight excluding hydrogens is 233 g/mol. The number of hydrogen-bond acceptors (Lipinski definition) is 6. The second-order valence-electron chi connectivity index (χ2n) is 4.27. The molecule has 0 aromatic heterocycles. The van der Waals surface area contributed by atoms with Crippen LogP contribution in [0.5, 0.6) is 0 Å². The molecule has 0 spiro atoms. The molecule has 0 radical (unpaired) electrons. The van der Waals surface area contributed by atoms with E-state index in [9.17, 15) is 23.3 Å². The van der Waals surface area contributed by atoms with Crippen LogP contribution in [0.2, 0.25) is 0 Å². The molecular formula is C8H18BNO5S. The minimum absolute atomic E-state index is 0.144. The van der Waals surface area contributed by atoms with Crippen LogP contribution >= 0.6 is 0 Å². The Morgan fingerprint density at radius 2 is 1.81 bits per heavy atom. The van der Waals surface area contributed by atoms with Gasteiger partial charge in [-0.15, -0.1) is 0 Å². The van der Waals surface area contributed by atoms with Crippen molar-refractivity contribution in [1.82, 2.24) is 5.32 Å². The van der Waals surface area contributed by atoms with Gasteiger partial charge in [0.1, 0.15) is 0 Å². The summed E-state index contributed by atoms with van der Waals surface area (Å²) in [4.78, 5) is 0. The van der Waals surface area contributed by atoms with Crippen LogP contribution in [0.1, 0.15) is 20.3 Å². The predicted molar refractivity (Wildman–Crippen MR) is 59.7 cm³/mol. The average Bonchev–Trinajstić information content (AvgIpc) is 2.24. The van der Waals surface area contributed by atoms with Crippen LogP contribution in [0.25, 0.3) is 0 Å². The van der Waals surface area contributed by atoms with Crippen LogP contribution < -0.4 is 5.32 Å². The van der Waals surface area contributed by atoms with Crippen molar-refractivity contribution >= 4 is 16.1 Å². The van der Waals surface area contributed by atoms with Gasteiger partial charge < -0.3 is 0 Å². The SMILES string of the molecule is CC(C)CC(CO)(CO)NCS(=O)(=O)B=O. The van der Waals surface area contributed by atoms with Crippen LogP contribution in [0, 0.1) is 5.92 Å². The number of rotatable bonds is 8. The topological polar surface area (TPSA) is 104 Å². The third-order valence-electron chi connectivity index (χ3n) is 2.20. The van der Waals surface area contributed by atoms with Crippen LogP contribution in [0.3, 0.4) is 0 Å². The van der Waals surface area contributed by atoms with E-state index in [1.54, 1.807) is 0 Å². The van der Waals surface area contributed by atoms with E-state index in [0.717, 1.165) is 0 Å². The number of hydrogen-bond donors (Lipinski definition) is 3. The van der Waals surface area contributed by atoms with E-state index < -0.39 is 34.3 Å². The molecule has 0 heterocycles. The molecule has 0 bridgehead atoms. The Labute approximate surface area is 96.1 Å². The van der Waals surface area contributed by atoms with Gasteiger partial charge >= 0.3 is 95.6 Å². The summed E-state index contributed by atoms with van der Waals surface area (Å²) in [5, 5.41) is 20.9. The van der Waals surface area contributed by atoms with E-state index in [-0.39, 0.29) is 12.3 Å². The van der Waals surface area contributed by atoms with E-state index in [1.807, 2.05) is 13.8 Å². The standard InChI is InChI=1S/C8H18BNO5S/c1-7(2)3-8(4-11,5-12)10-6-16(14,15)9-13/h7,10-12H,3-6H2,1-2H3. The van der Waals surface area contributed by atoms with Gasteiger partial charge in [-0.1, -0.05) is 0 Å². The first-order valence-corrected chi connectivity index (χ1v) is 6.67. The molecule has 8 heteroatoms. The summed E-state index contributed by atoms with van der Waals surface area (Å²) in [6.45, 7) is 2.98. The van der Waals surface area contributed by atoms with Gasteiger partial charge in [-0.05, 0) is 0 Å². The molecule has 0 aromatic carbocycles. The molecule has 0 aliphatic rings. The van der Waals surface area contributed by atoms with Gasteiger partial charge in [0.05, 0.1) is 0 Å². The van der Waals surface area contributed by atoms with Crippen molar-refractivity contribution in [2.45, 2.75) is 25.8 Å². The van der Waals surface area contributed by atoms with Gasteiger partial charge in [0.25, 0.3) is 0 Å². The van der Waals surface area contributed by atoms with Crippen molar-refractivity contribution in [3.63, 3.8) is 0 Å². The second-order valence-corrected chi connectivity index (χ2v) is 6.08. The first-order chi connectivity index (χ1) is 7.31. The Kier molecular flexibility index (Phi) is 6.31. The fourth-order valence-corrected chi connectivity index (χ4v) is 2.01. The van der Waals surface area contributed by atoms with E-state index >= 15 is 0 Å². The van der Waals surface area contributed by atoms with Crippen LogP contribution in [-0.2, 0) is 14.4 Å². The molecule has 0 saturated heterocycles. The zero-order chi connectivity index (χ0) is 12.8. The first-order valence-electron chi connectivity index (χ1n) is 4.95. The fraction of sp³-hybridized carbons (Fsp3) is 1.00. The van der Waals surface area contributed by atoms with E-state index in [1.165, 1.54) is 0 Å². The van der Waals surface area contributed by atoms with Gasteiger partial charge in [-0.3, -0.25) is 0 Å². The Hall–Kier alpha value is -0.305. The predicted octanol–water partition coefficient (Wildman–Crippen LogP) is -1.32. The number of nitrogens with one attached hydrogen (secondary N) is 1. The third kappa shape index (κ3) is 5.15. The molecule has 94 valence electrons. The monoisotopic (exact) mass is 251 g/mol. The van der Waals surface area contributed by atoms with Crippen molar-refractivity contribution in [2.75, 3.05) is 19.1 Å². The van der Waals surface area contributed by atoms with Gasteiger partial charge in [0, 0.05) is 0 Å². The molecule has 0 fully saturated rings. The number of aliphatic hydroxyl groups is 2. The Morgan fingerprint density at radius 3 is 2.12 bits per heavy atom. The maximum absolute atomic E-state index is 11.0. The summed E-state index contributed by atoms with van der Waals surface area (Å²) in [5.41, 5.74) is -1.07. The van der Waals surface area contributed by atoms with Crippen LogP contribution in [-0.4, -0.2) is 49.7 Å². The Bertz CT molecular complexity index is 312. The molecule has 3 N–H and O–H groups in total. The maximum atomic E-state index is 11.0. The summed E-state index contributed by atoms with van der Waals surface area (Å²) in [5.74, 6) is -0.407. The van der Waals surface area contributed by atoms with Crippen LogP contribution in [0.15, 0.2) is 0 Å². The molecule has 0 rings (SSSR count). The normalized spacial score (nSPS) is 12.8. The molecule has 6 nitrogen and oxygen atoms in total. The van der Waals surface area contributed by atoms with E-state index in [2.05, 4.69) is 5.32 Å². The van der Waals surface area contributed by atoms with Gasteiger partial charge in [-0.25, -0.2) is 0 Å². The third-order valence-corrected chi connectivity index (χ3v) is 3.04. The van der Waals surface area contributed by atoms with Crippen LogP contribution in [0.4, 0.5) is 0 Å². The first kappa shape index (κ1) is 15.7. The fourth-order valence-electron chi connectivity index (χ4n) is 1.43. The van der Waals surface area contributed by atoms with Crippen molar-refractivity contribution in [3.8, 4) is 0 Å². The van der Waals surface area contributed by atoms with Crippen molar-refractivity contribution in [2.24, 2.45) is 5.92 Å². The molecule has 0 atom stereocenters. The van der Waals surface area contributed by atoms with Crippen molar-refractivity contribution in [1.29, 1.82) is 0 Å². The van der Waals surface area contributed by atoms with Gasteiger partial charge in [-0.2, -0.15) is 0 Å². The molecule has 16 heavy (non-hydrogen) atoms. The van der Waals surface area contributed by atoms with Crippen molar-refractivity contribution in [3.05, 3.63) is 0 Å². The van der Waals surface area contributed by atoms with E-state index in [0.29, 0.717) is 6.42 Å². The Balaban J connectivity index is 4.62. The quantitative estimate of drug-likeness (QED) is 0.462. The Morgan fingerprint density at radius 1 is 1.31 bits per heavy atom. The summed E-state index contributed by atoms with van der Waals surface area (Å²) in [6, 6.07) is 0. The minimum atomic E-state index is -3.82. The zero-order valence-corrected chi connectivity index (χ0v) is 10.3. The summed E-state index contributed by atoms with van der Waals surface area (Å²) in [7, 11) is -3.82. The van der Waals surface area contributed by atoms with Gasteiger partial charge in [0.2, 0.25) is 0 Å². The molecule has 0 amide bonds. The molecule has 0 unspecified atom stereocenters. The molecule has 0 aliphatic carbocycles. The molecule has 0 saturated carbocycles. The van der Waals surface area contributed by atoms with E-state index in [4.69, 9.17) is 0 Å². The second kappa shape index (κ2) is 6.44. The average molecular weight is 251 g/mol. The summed E-state index contributed by atoms with van der Waals surface area (Å²) < 4.78 is 32.1. The zero-order valence-electron chi connectivity index (χ0n) is 9.51. The van der Waals surface area contributed by atoms with Crippen molar-refractivity contribution < 1.29 is 23.3 Å².